The quantitative estimate of drug-likeness (QED) is 0.391. The highest BCUT2D eigenvalue weighted by atomic mass is 15.4. The molecule has 1 heterocycles. The fourth-order valence-corrected chi connectivity index (χ4v) is 3.04. The molecule has 0 atom stereocenters. The van der Waals surface area contributed by atoms with Crippen molar-refractivity contribution in [3.8, 4) is 0 Å². The van der Waals surface area contributed by atoms with E-state index < -0.39 is 0 Å². The van der Waals surface area contributed by atoms with E-state index in [4.69, 9.17) is 0 Å². The Balaban J connectivity index is 2.08. The molecule has 0 saturated carbocycles. The number of nitrogens with zero attached hydrogens (tertiary/aromatic N) is 3. The molecule has 0 fully saturated rings. The van der Waals surface area contributed by atoms with E-state index in [1.54, 1.807) is 0 Å². The van der Waals surface area contributed by atoms with Crippen LogP contribution in [-0.2, 0) is 13.0 Å². The molecule has 0 amide bonds. The van der Waals surface area contributed by atoms with Crippen molar-refractivity contribution < 1.29 is 0 Å². The molecule has 0 spiro atoms. The van der Waals surface area contributed by atoms with Gasteiger partial charge in [-0.2, -0.15) is 0 Å². The largest absolute Gasteiger partial charge is 0.249 e. The average Bonchev–Trinajstić information content (AvgIpc) is 2.93. The van der Waals surface area contributed by atoms with Crippen LogP contribution in [0.3, 0.4) is 0 Å². The van der Waals surface area contributed by atoms with Crippen LogP contribution >= 0.6 is 0 Å². The number of unbranched alkanes of at least 4 members (excludes halogenated alkanes) is 6. The molecular formula is C20H39N3. The minimum absolute atomic E-state index is 0.845. The lowest BCUT2D eigenvalue weighted by Gasteiger charge is -2.07. The van der Waals surface area contributed by atoms with Crippen LogP contribution in [-0.4, -0.2) is 15.0 Å². The van der Waals surface area contributed by atoms with Crippen molar-refractivity contribution in [1.82, 2.24) is 15.0 Å². The lowest BCUT2D eigenvalue weighted by Crippen LogP contribution is -2.05. The van der Waals surface area contributed by atoms with Crippen molar-refractivity contribution in [3.63, 3.8) is 0 Å². The van der Waals surface area contributed by atoms with Crippen molar-refractivity contribution in [2.75, 3.05) is 0 Å². The molecule has 134 valence electrons. The van der Waals surface area contributed by atoms with E-state index in [9.17, 15) is 0 Å². The van der Waals surface area contributed by atoms with Crippen LogP contribution in [0.4, 0.5) is 0 Å². The number of hydrogen-bond acceptors (Lipinski definition) is 2. The van der Waals surface area contributed by atoms with Crippen LogP contribution in [0.15, 0.2) is 6.20 Å². The first-order valence-corrected chi connectivity index (χ1v) is 9.97. The molecule has 0 aliphatic rings. The van der Waals surface area contributed by atoms with Crippen molar-refractivity contribution in [2.24, 2.45) is 11.8 Å². The summed E-state index contributed by atoms with van der Waals surface area (Å²) in [5.74, 6) is 1.69. The van der Waals surface area contributed by atoms with Crippen LogP contribution in [0, 0.1) is 11.8 Å². The predicted octanol–water partition coefficient (Wildman–Crippen LogP) is 6.03. The van der Waals surface area contributed by atoms with Gasteiger partial charge in [-0.1, -0.05) is 84.3 Å². The number of hydrogen-bond donors (Lipinski definition) is 0. The molecule has 1 aromatic heterocycles. The van der Waals surface area contributed by atoms with Gasteiger partial charge in [0.05, 0.1) is 11.9 Å². The van der Waals surface area contributed by atoms with E-state index >= 15 is 0 Å². The second kappa shape index (κ2) is 12.5. The van der Waals surface area contributed by atoms with Gasteiger partial charge in [0.1, 0.15) is 0 Å². The Hall–Kier alpha value is -0.860. The van der Waals surface area contributed by atoms with Crippen molar-refractivity contribution in [2.45, 2.75) is 105 Å². The fraction of sp³-hybridized carbons (Fsp3) is 0.900. The maximum atomic E-state index is 4.27. The first-order valence-electron chi connectivity index (χ1n) is 9.97. The van der Waals surface area contributed by atoms with Gasteiger partial charge in [0.25, 0.3) is 0 Å². The topological polar surface area (TPSA) is 30.7 Å². The molecule has 0 aliphatic carbocycles. The zero-order valence-electron chi connectivity index (χ0n) is 16.1. The van der Waals surface area contributed by atoms with Crippen molar-refractivity contribution >= 4 is 0 Å². The number of rotatable bonds is 14. The Labute approximate surface area is 144 Å². The molecular weight excluding hydrogens is 282 g/mol. The van der Waals surface area contributed by atoms with Gasteiger partial charge < -0.3 is 0 Å². The van der Waals surface area contributed by atoms with E-state index in [1.165, 1.54) is 69.9 Å². The van der Waals surface area contributed by atoms with Gasteiger partial charge in [-0.3, -0.25) is 0 Å². The lowest BCUT2D eigenvalue weighted by atomic mass is 10.0. The highest BCUT2D eigenvalue weighted by Crippen LogP contribution is 2.13. The standard InChI is InChI=1S/C20H39N3/c1-18(2)13-9-5-6-11-15-20-17-21-22-23(20)16-12-8-7-10-14-19(3)4/h17-19H,5-16H2,1-4H3. The second-order valence-electron chi connectivity index (χ2n) is 7.89. The van der Waals surface area contributed by atoms with E-state index in [2.05, 4.69) is 42.7 Å². The fourth-order valence-electron chi connectivity index (χ4n) is 3.04. The van der Waals surface area contributed by atoms with E-state index in [1.807, 2.05) is 6.20 Å². The molecule has 0 bridgehead atoms. The Morgan fingerprint density at radius 2 is 1.35 bits per heavy atom. The Bertz CT molecular complexity index is 347. The molecule has 1 aromatic rings. The van der Waals surface area contributed by atoms with E-state index in [-0.39, 0.29) is 0 Å². The molecule has 3 nitrogen and oxygen atoms in total. The van der Waals surface area contributed by atoms with Crippen LogP contribution in [0.5, 0.6) is 0 Å². The normalized spacial score (nSPS) is 11.7. The summed E-state index contributed by atoms with van der Waals surface area (Å²) in [4.78, 5) is 0. The summed E-state index contributed by atoms with van der Waals surface area (Å²) >= 11 is 0. The molecule has 0 N–H and O–H groups in total. The molecule has 23 heavy (non-hydrogen) atoms. The minimum Gasteiger partial charge on any atom is -0.249 e. The van der Waals surface area contributed by atoms with Crippen LogP contribution in [0.1, 0.15) is 97.6 Å². The smallest absolute Gasteiger partial charge is 0.0725 e. The summed E-state index contributed by atoms with van der Waals surface area (Å²) in [5, 5.41) is 8.38. The predicted molar refractivity (Wildman–Crippen MR) is 99.6 cm³/mol. The summed E-state index contributed by atoms with van der Waals surface area (Å²) in [5.41, 5.74) is 1.33. The van der Waals surface area contributed by atoms with Gasteiger partial charge in [-0.05, 0) is 31.1 Å². The van der Waals surface area contributed by atoms with Crippen LogP contribution in [0.2, 0.25) is 0 Å². The van der Waals surface area contributed by atoms with Gasteiger partial charge in [-0.15, -0.1) is 5.10 Å². The third kappa shape index (κ3) is 10.5. The SMILES string of the molecule is CC(C)CCCCCCc1cnnn1CCCCCCC(C)C. The minimum atomic E-state index is 0.845. The number of aromatic nitrogens is 3. The van der Waals surface area contributed by atoms with E-state index in [0.29, 0.717) is 0 Å². The molecule has 0 aliphatic heterocycles. The average molecular weight is 322 g/mol. The summed E-state index contributed by atoms with van der Waals surface area (Å²) in [6.07, 6.45) is 16.5. The van der Waals surface area contributed by atoms with Crippen LogP contribution in [0.25, 0.3) is 0 Å². The molecule has 0 saturated heterocycles. The lowest BCUT2D eigenvalue weighted by molar-refractivity contribution is 0.477. The highest BCUT2D eigenvalue weighted by molar-refractivity contribution is 4.93. The first kappa shape index (κ1) is 20.2. The van der Waals surface area contributed by atoms with Crippen LogP contribution < -0.4 is 0 Å². The highest BCUT2D eigenvalue weighted by Gasteiger charge is 2.04. The third-order valence-corrected chi connectivity index (χ3v) is 4.56. The third-order valence-electron chi connectivity index (χ3n) is 4.56. The van der Waals surface area contributed by atoms with Gasteiger partial charge in [0, 0.05) is 6.54 Å². The first-order chi connectivity index (χ1) is 11.1. The Morgan fingerprint density at radius 1 is 0.783 bits per heavy atom. The van der Waals surface area contributed by atoms with Gasteiger partial charge in [0.2, 0.25) is 0 Å². The zero-order chi connectivity index (χ0) is 16.9. The molecule has 3 heteroatoms. The van der Waals surface area contributed by atoms with Crippen molar-refractivity contribution in [1.29, 1.82) is 0 Å². The van der Waals surface area contributed by atoms with Gasteiger partial charge >= 0.3 is 0 Å². The van der Waals surface area contributed by atoms with Crippen molar-refractivity contribution in [3.05, 3.63) is 11.9 Å². The Kier molecular flexibility index (Phi) is 11.0. The zero-order valence-corrected chi connectivity index (χ0v) is 16.1. The monoisotopic (exact) mass is 321 g/mol. The molecule has 0 unspecified atom stereocenters. The Morgan fingerprint density at radius 3 is 1.96 bits per heavy atom. The molecule has 0 radical (unpaired) electrons. The maximum absolute atomic E-state index is 4.27. The summed E-state index contributed by atoms with van der Waals surface area (Å²) in [7, 11) is 0. The summed E-state index contributed by atoms with van der Waals surface area (Å²) in [6, 6.07) is 0. The van der Waals surface area contributed by atoms with Gasteiger partial charge in [0.15, 0.2) is 0 Å². The molecule has 1 rings (SSSR count). The van der Waals surface area contributed by atoms with Gasteiger partial charge in [-0.25, -0.2) is 4.68 Å². The maximum Gasteiger partial charge on any atom is 0.0725 e. The second-order valence-corrected chi connectivity index (χ2v) is 7.89. The van der Waals surface area contributed by atoms with E-state index in [0.717, 1.165) is 24.8 Å². The summed E-state index contributed by atoms with van der Waals surface area (Å²) in [6.45, 7) is 10.3. The molecule has 0 aromatic carbocycles. The summed E-state index contributed by atoms with van der Waals surface area (Å²) < 4.78 is 2.14. The number of aryl methyl sites for hydroxylation is 2.